The van der Waals surface area contributed by atoms with E-state index in [2.05, 4.69) is 37.1 Å². The first-order valence-electron chi connectivity index (χ1n) is 12.6. The first-order valence-corrected chi connectivity index (χ1v) is 12.6. The van der Waals surface area contributed by atoms with E-state index in [0.29, 0.717) is 36.0 Å². The van der Waals surface area contributed by atoms with Crippen molar-refractivity contribution in [3.63, 3.8) is 0 Å². The van der Waals surface area contributed by atoms with Gasteiger partial charge in [0, 0.05) is 32.0 Å². The molecule has 1 aliphatic heterocycles. The van der Waals surface area contributed by atoms with Crippen LogP contribution in [0.3, 0.4) is 0 Å². The van der Waals surface area contributed by atoms with E-state index in [4.69, 9.17) is 4.98 Å². The summed E-state index contributed by atoms with van der Waals surface area (Å²) < 4.78 is 2.03. The third kappa shape index (κ3) is 4.23. The number of aromatic nitrogens is 6. The van der Waals surface area contributed by atoms with Crippen molar-refractivity contribution in [2.75, 3.05) is 18.4 Å². The number of aryl methyl sites for hydroxylation is 2. The number of rotatable bonds is 6. The lowest BCUT2D eigenvalue weighted by molar-refractivity contribution is -0.135. The SMILES string of the molecule is CCC(Nc1ncnc2c1nc(-c1cnc(C)nc1)n2CC)C(=O)N1CC[C@@H]2CCCC[C@@H]2C1. The van der Waals surface area contributed by atoms with Gasteiger partial charge in [0.25, 0.3) is 0 Å². The molecule has 180 valence electrons. The van der Waals surface area contributed by atoms with Crippen LogP contribution in [-0.4, -0.2) is 59.4 Å². The third-order valence-electron chi connectivity index (χ3n) is 7.51. The van der Waals surface area contributed by atoms with Crippen LogP contribution in [0.1, 0.15) is 58.2 Å². The van der Waals surface area contributed by atoms with E-state index in [1.807, 2.05) is 18.4 Å². The van der Waals surface area contributed by atoms with Crippen molar-refractivity contribution in [2.45, 2.75) is 71.9 Å². The summed E-state index contributed by atoms with van der Waals surface area (Å²) in [5, 5.41) is 3.42. The van der Waals surface area contributed by atoms with E-state index in [1.165, 1.54) is 25.7 Å². The zero-order chi connectivity index (χ0) is 23.7. The topological polar surface area (TPSA) is 102 Å². The molecule has 0 bridgehead atoms. The van der Waals surface area contributed by atoms with Crippen molar-refractivity contribution in [1.82, 2.24) is 34.4 Å². The number of imidazole rings is 1. The van der Waals surface area contributed by atoms with E-state index in [-0.39, 0.29) is 11.9 Å². The number of piperidine rings is 1. The second kappa shape index (κ2) is 9.64. The Hall–Kier alpha value is -3.10. The molecular formula is C25H34N8O. The molecule has 1 saturated heterocycles. The van der Waals surface area contributed by atoms with Gasteiger partial charge in [-0.05, 0) is 44.9 Å². The first-order chi connectivity index (χ1) is 16.6. The molecule has 1 amide bonds. The zero-order valence-corrected chi connectivity index (χ0v) is 20.4. The second-order valence-electron chi connectivity index (χ2n) is 9.58. The molecule has 4 heterocycles. The molecule has 0 aromatic carbocycles. The lowest BCUT2D eigenvalue weighted by Crippen LogP contribution is -2.50. The van der Waals surface area contributed by atoms with Crippen molar-refractivity contribution in [3.05, 3.63) is 24.5 Å². The highest BCUT2D eigenvalue weighted by Gasteiger charge is 2.35. The Bertz CT molecular complexity index is 1160. The summed E-state index contributed by atoms with van der Waals surface area (Å²) in [5.74, 6) is 3.69. The molecule has 34 heavy (non-hydrogen) atoms. The van der Waals surface area contributed by atoms with Gasteiger partial charge in [0.05, 0.1) is 5.56 Å². The molecule has 2 aliphatic rings. The number of anilines is 1. The van der Waals surface area contributed by atoms with Crippen LogP contribution in [0, 0.1) is 18.8 Å². The van der Waals surface area contributed by atoms with Gasteiger partial charge in [-0.3, -0.25) is 4.79 Å². The Morgan fingerprint density at radius 2 is 1.85 bits per heavy atom. The smallest absolute Gasteiger partial charge is 0.245 e. The number of hydrogen-bond acceptors (Lipinski definition) is 7. The maximum Gasteiger partial charge on any atom is 0.245 e. The average Bonchev–Trinajstić information content (AvgIpc) is 3.26. The molecule has 1 saturated carbocycles. The Balaban J connectivity index is 1.41. The quantitative estimate of drug-likeness (QED) is 0.594. The summed E-state index contributed by atoms with van der Waals surface area (Å²) in [7, 11) is 0. The van der Waals surface area contributed by atoms with Gasteiger partial charge in [0.1, 0.15) is 24.0 Å². The van der Waals surface area contributed by atoms with Crippen LogP contribution in [0.15, 0.2) is 18.7 Å². The summed E-state index contributed by atoms with van der Waals surface area (Å²) in [6.07, 6.45) is 12.1. The fourth-order valence-corrected chi connectivity index (χ4v) is 5.60. The van der Waals surface area contributed by atoms with Gasteiger partial charge in [0.15, 0.2) is 17.0 Å². The fourth-order valence-electron chi connectivity index (χ4n) is 5.60. The number of likely N-dealkylation sites (tertiary alicyclic amines) is 1. The van der Waals surface area contributed by atoms with E-state index in [9.17, 15) is 4.79 Å². The predicted molar refractivity (Wildman–Crippen MR) is 131 cm³/mol. The van der Waals surface area contributed by atoms with Crippen molar-refractivity contribution in [3.8, 4) is 11.4 Å². The monoisotopic (exact) mass is 462 g/mol. The van der Waals surface area contributed by atoms with Gasteiger partial charge in [-0.2, -0.15) is 0 Å². The molecule has 3 aromatic rings. The van der Waals surface area contributed by atoms with Crippen LogP contribution < -0.4 is 5.32 Å². The van der Waals surface area contributed by atoms with E-state index >= 15 is 0 Å². The Morgan fingerprint density at radius 1 is 1.09 bits per heavy atom. The molecule has 9 heteroatoms. The third-order valence-corrected chi connectivity index (χ3v) is 7.51. The van der Waals surface area contributed by atoms with Crippen molar-refractivity contribution >= 4 is 22.9 Å². The van der Waals surface area contributed by atoms with Gasteiger partial charge in [0.2, 0.25) is 5.91 Å². The number of carbonyl (C=O) groups excluding carboxylic acids is 1. The molecule has 1 unspecified atom stereocenters. The molecule has 0 spiro atoms. The number of carbonyl (C=O) groups is 1. The highest BCUT2D eigenvalue weighted by atomic mass is 16.2. The summed E-state index contributed by atoms with van der Waals surface area (Å²) in [6, 6.07) is -0.337. The number of fused-ring (bicyclic) bond motifs is 2. The molecule has 1 aliphatic carbocycles. The normalized spacial score (nSPS) is 21.3. The van der Waals surface area contributed by atoms with Gasteiger partial charge in [-0.15, -0.1) is 0 Å². The average molecular weight is 463 g/mol. The van der Waals surface area contributed by atoms with E-state index in [1.54, 1.807) is 18.7 Å². The van der Waals surface area contributed by atoms with Gasteiger partial charge in [-0.25, -0.2) is 24.9 Å². The zero-order valence-electron chi connectivity index (χ0n) is 20.4. The summed E-state index contributed by atoms with van der Waals surface area (Å²) in [6.45, 7) is 8.41. The Kier molecular flexibility index (Phi) is 6.43. The molecule has 1 N–H and O–H groups in total. The second-order valence-corrected chi connectivity index (χ2v) is 9.58. The summed E-state index contributed by atoms with van der Waals surface area (Å²) >= 11 is 0. The van der Waals surface area contributed by atoms with Gasteiger partial charge in [-0.1, -0.05) is 26.2 Å². The van der Waals surface area contributed by atoms with Gasteiger partial charge < -0.3 is 14.8 Å². The standard InChI is InChI=1S/C25H34N8O/c1-4-20(25(34)32-11-10-17-8-6-7-9-18(17)14-32)30-22-21-24(29-15-28-22)33(5-2)23(31-21)19-12-26-16(3)27-13-19/h12-13,15,17-18,20H,4-11,14H2,1-3H3,(H,28,29,30)/t17-,18+,20?/m0/s1. The minimum atomic E-state index is -0.337. The van der Waals surface area contributed by atoms with Crippen LogP contribution in [0.5, 0.6) is 0 Å². The summed E-state index contributed by atoms with van der Waals surface area (Å²) in [5.41, 5.74) is 2.23. The first kappa shape index (κ1) is 22.7. The van der Waals surface area contributed by atoms with Crippen LogP contribution in [0.25, 0.3) is 22.6 Å². The van der Waals surface area contributed by atoms with Gasteiger partial charge >= 0.3 is 0 Å². The minimum Gasteiger partial charge on any atom is -0.356 e. The maximum atomic E-state index is 13.5. The van der Waals surface area contributed by atoms with E-state index in [0.717, 1.165) is 42.5 Å². The molecule has 2 fully saturated rings. The largest absolute Gasteiger partial charge is 0.356 e. The van der Waals surface area contributed by atoms with Crippen molar-refractivity contribution in [2.24, 2.45) is 11.8 Å². The molecule has 3 aromatic heterocycles. The molecule has 0 radical (unpaired) electrons. The maximum absolute atomic E-state index is 13.5. The van der Waals surface area contributed by atoms with Crippen LogP contribution >= 0.6 is 0 Å². The number of nitrogens with zero attached hydrogens (tertiary/aromatic N) is 7. The predicted octanol–water partition coefficient (Wildman–Crippen LogP) is 3.84. The molecule has 5 rings (SSSR count). The Morgan fingerprint density at radius 3 is 2.59 bits per heavy atom. The molecular weight excluding hydrogens is 428 g/mol. The number of amides is 1. The molecule has 3 atom stereocenters. The van der Waals surface area contributed by atoms with Crippen molar-refractivity contribution < 1.29 is 4.79 Å². The number of hydrogen-bond donors (Lipinski definition) is 1. The fraction of sp³-hybridized carbons (Fsp3) is 0.600. The van der Waals surface area contributed by atoms with Crippen LogP contribution in [0.2, 0.25) is 0 Å². The lowest BCUT2D eigenvalue weighted by Gasteiger charge is -2.42. The van der Waals surface area contributed by atoms with Crippen molar-refractivity contribution in [1.29, 1.82) is 0 Å². The lowest BCUT2D eigenvalue weighted by atomic mass is 9.75. The summed E-state index contributed by atoms with van der Waals surface area (Å²) in [4.78, 5) is 38.1. The highest BCUT2D eigenvalue weighted by Crippen LogP contribution is 2.36. The van der Waals surface area contributed by atoms with Crippen LogP contribution in [-0.2, 0) is 11.3 Å². The van der Waals surface area contributed by atoms with Crippen LogP contribution in [0.4, 0.5) is 5.82 Å². The molecule has 9 nitrogen and oxygen atoms in total. The number of nitrogens with one attached hydrogen (secondary N) is 1. The Labute approximate surface area is 200 Å². The van der Waals surface area contributed by atoms with E-state index < -0.39 is 0 Å². The highest BCUT2D eigenvalue weighted by molar-refractivity contribution is 5.90. The minimum absolute atomic E-state index is 0.167.